The molecule has 1 N–H and O–H groups in total. The van der Waals surface area contributed by atoms with Crippen LogP contribution in [0.15, 0.2) is 71.5 Å². The molecule has 3 aromatic rings. The van der Waals surface area contributed by atoms with E-state index in [1.807, 2.05) is 18.3 Å². The van der Waals surface area contributed by atoms with Crippen LogP contribution in [-0.2, 0) is 4.74 Å². The zero-order valence-electron chi connectivity index (χ0n) is 16.4. The molecule has 2 aliphatic heterocycles. The first-order chi connectivity index (χ1) is 14.7. The maximum atomic E-state index is 5.94. The maximum absolute atomic E-state index is 5.94. The molecular weight excluding hydrogens is 460 g/mol. The first-order valence-electron chi connectivity index (χ1n) is 10.2. The number of halogens is 1. The second kappa shape index (κ2) is 8.49. The molecular formula is C23H23BrN4OS. The van der Waals surface area contributed by atoms with Crippen LogP contribution in [-0.4, -0.2) is 38.8 Å². The predicted molar refractivity (Wildman–Crippen MR) is 125 cm³/mol. The van der Waals surface area contributed by atoms with E-state index in [2.05, 4.69) is 84.4 Å². The lowest BCUT2D eigenvalue weighted by Crippen LogP contribution is -2.36. The Kier molecular flexibility index (Phi) is 5.58. The molecule has 154 valence electrons. The lowest BCUT2D eigenvalue weighted by molar-refractivity contribution is 0.0836. The van der Waals surface area contributed by atoms with Crippen LogP contribution in [0.4, 0.5) is 0 Å². The minimum Gasteiger partial charge on any atom is -0.376 e. The quantitative estimate of drug-likeness (QED) is 0.529. The van der Waals surface area contributed by atoms with Crippen molar-refractivity contribution in [3.8, 4) is 5.69 Å². The Bertz CT molecular complexity index is 1020. The summed E-state index contributed by atoms with van der Waals surface area (Å²) in [6.07, 6.45) is 6.36. The fourth-order valence-electron chi connectivity index (χ4n) is 4.40. The van der Waals surface area contributed by atoms with Crippen LogP contribution < -0.4 is 5.32 Å². The van der Waals surface area contributed by atoms with Crippen LogP contribution in [0.3, 0.4) is 0 Å². The number of hydrogen-bond acceptors (Lipinski definition) is 3. The number of thiocarbonyl (C=S) groups is 1. The molecule has 0 bridgehead atoms. The lowest BCUT2D eigenvalue weighted by atomic mass is 10.0. The second-order valence-electron chi connectivity index (χ2n) is 7.69. The van der Waals surface area contributed by atoms with Crippen LogP contribution in [0, 0.1) is 0 Å². The van der Waals surface area contributed by atoms with Gasteiger partial charge in [0.1, 0.15) is 0 Å². The van der Waals surface area contributed by atoms with E-state index in [1.165, 1.54) is 5.69 Å². The molecule has 0 aliphatic carbocycles. The highest BCUT2D eigenvalue weighted by atomic mass is 79.9. The van der Waals surface area contributed by atoms with Gasteiger partial charge in [-0.2, -0.15) is 0 Å². The standard InChI is InChI=1S/C23H23BrN4OS/c24-16-8-10-17(11-9-16)27-13-3-7-20(27)22-21(19-6-1-2-12-25-19)26-23(30)28(22)15-18-5-4-14-29-18/h1-3,6-13,18,21-22H,4-5,14-15H2,(H,26,30)/t18-,21-,22+/m1/s1. The number of rotatable bonds is 5. The van der Waals surface area contributed by atoms with Crippen LogP contribution >= 0.6 is 28.1 Å². The van der Waals surface area contributed by atoms with Gasteiger partial charge in [0.05, 0.1) is 23.9 Å². The second-order valence-corrected chi connectivity index (χ2v) is 9.00. The number of nitrogens with zero attached hydrogens (tertiary/aromatic N) is 3. The van der Waals surface area contributed by atoms with E-state index in [9.17, 15) is 0 Å². The Hall–Kier alpha value is -2.22. The van der Waals surface area contributed by atoms with Crippen molar-refractivity contribution < 1.29 is 4.74 Å². The van der Waals surface area contributed by atoms with Crippen molar-refractivity contribution in [2.45, 2.75) is 31.0 Å². The smallest absolute Gasteiger partial charge is 0.170 e. The Balaban J connectivity index is 1.56. The summed E-state index contributed by atoms with van der Waals surface area (Å²) in [6, 6.07) is 18.7. The molecule has 30 heavy (non-hydrogen) atoms. The molecule has 4 heterocycles. The molecule has 2 saturated heterocycles. The van der Waals surface area contributed by atoms with Crippen LogP contribution in [0.1, 0.15) is 36.3 Å². The van der Waals surface area contributed by atoms with E-state index in [4.69, 9.17) is 17.0 Å². The Labute approximate surface area is 190 Å². The van der Waals surface area contributed by atoms with Gasteiger partial charge in [0.2, 0.25) is 0 Å². The van der Waals surface area contributed by atoms with Crippen molar-refractivity contribution in [3.05, 3.63) is 82.9 Å². The topological polar surface area (TPSA) is 42.3 Å². The fourth-order valence-corrected chi connectivity index (χ4v) is 4.98. The monoisotopic (exact) mass is 482 g/mol. The highest BCUT2D eigenvalue weighted by molar-refractivity contribution is 9.10. The van der Waals surface area contributed by atoms with Crippen molar-refractivity contribution in [2.24, 2.45) is 0 Å². The van der Waals surface area contributed by atoms with E-state index < -0.39 is 0 Å². The minimum atomic E-state index is -0.0239. The van der Waals surface area contributed by atoms with Crippen molar-refractivity contribution in [3.63, 3.8) is 0 Å². The summed E-state index contributed by atoms with van der Waals surface area (Å²) in [6.45, 7) is 1.62. The zero-order valence-corrected chi connectivity index (χ0v) is 18.8. The number of aromatic nitrogens is 2. The van der Waals surface area contributed by atoms with Crippen LogP contribution in [0.25, 0.3) is 5.69 Å². The Morgan fingerprint density at radius 2 is 2.00 bits per heavy atom. The molecule has 0 amide bonds. The molecule has 0 radical (unpaired) electrons. The third kappa shape index (κ3) is 3.77. The Morgan fingerprint density at radius 1 is 1.13 bits per heavy atom. The van der Waals surface area contributed by atoms with Gasteiger partial charge < -0.3 is 19.5 Å². The molecule has 2 aliphatic rings. The van der Waals surface area contributed by atoms with E-state index in [0.717, 1.165) is 47.0 Å². The van der Waals surface area contributed by atoms with E-state index in [0.29, 0.717) is 0 Å². The van der Waals surface area contributed by atoms with E-state index in [1.54, 1.807) is 0 Å². The largest absolute Gasteiger partial charge is 0.376 e. The van der Waals surface area contributed by atoms with Crippen LogP contribution in [0.5, 0.6) is 0 Å². The zero-order chi connectivity index (χ0) is 20.5. The van der Waals surface area contributed by atoms with Gasteiger partial charge in [0, 0.05) is 41.4 Å². The van der Waals surface area contributed by atoms with E-state index >= 15 is 0 Å². The molecule has 3 atom stereocenters. The summed E-state index contributed by atoms with van der Waals surface area (Å²) in [5, 5.41) is 4.30. The third-order valence-corrected chi connectivity index (χ3v) is 6.69. The van der Waals surface area contributed by atoms with Crippen molar-refractivity contribution in [2.75, 3.05) is 13.2 Å². The van der Waals surface area contributed by atoms with Gasteiger partial charge in [-0.25, -0.2) is 0 Å². The minimum absolute atomic E-state index is 0.0234. The molecule has 2 aromatic heterocycles. The van der Waals surface area contributed by atoms with Gasteiger partial charge in [0.15, 0.2) is 5.11 Å². The van der Waals surface area contributed by atoms with Gasteiger partial charge >= 0.3 is 0 Å². The van der Waals surface area contributed by atoms with Gasteiger partial charge in [-0.15, -0.1) is 0 Å². The average Bonchev–Trinajstić information content (AvgIpc) is 3.51. The number of ether oxygens (including phenoxy) is 1. The Morgan fingerprint density at radius 3 is 2.73 bits per heavy atom. The summed E-state index contributed by atoms with van der Waals surface area (Å²) in [4.78, 5) is 6.93. The summed E-state index contributed by atoms with van der Waals surface area (Å²) in [7, 11) is 0. The number of pyridine rings is 1. The van der Waals surface area contributed by atoms with Crippen LogP contribution in [0.2, 0.25) is 0 Å². The van der Waals surface area contributed by atoms with Gasteiger partial charge in [0.25, 0.3) is 0 Å². The van der Waals surface area contributed by atoms with Gasteiger partial charge in [-0.05, 0) is 73.6 Å². The SMILES string of the molecule is S=C1N[C@H](c2ccccn2)[C@H](c2cccn2-c2ccc(Br)cc2)N1C[C@H]1CCCO1. The molecule has 5 nitrogen and oxygen atoms in total. The first kappa shape index (κ1) is 19.7. The molecule has 0 unspecified atom stereocenters. The highest BCUT2D eigenvalue weighted by Gasteiger charge is 2.42. The van der Waals surface area contributed by atoms with Gasteiger partial charge in [-0.1, -0.05) is 22.0 Å². The molecule has 0 saturated carbocycles. The predicted octanol–water partition coefficient (Wildman–Crippen LogP) is 4.79. The fraction of sp³-hybridized carbons (Fsp3) is 0.304. The first-order valence-corrected chi connectivity index (χ1v) is 11.4. The van der Waals surface area contributed by atoms with Crippen molar-refractivity contribution in [1.29, 1.82) is 0 Å². The molecule has 0 spiro atoms. The number of hydrogen-bond donors (Lipinski definition) is 1. The third-order valence-electron chi connectivity index (χ3n) is 5.81. The number of benzene rings is 1. The summed E-state index contributed by atoms with van der Waals surface area (Å²) >= 11 is 9.33. The maximum Gasteiger partial charge on any atom is 0.170 e. The summed E-state index contributed by atoms with van der Waals surface area (Å²) in [5.74, 6) is 0. The van der Waals surface area contributed by atoms with E-state index in [-0.39, 0.29) is 18.2 Å². The molecule has 5 rings (SSSR count). The summed E-state index contributed by atoms with van der Waals surface area (Å²) in [5.41, 5.74) is 3.29. The van der Waals surface area contributed by atoms with Gasteiger partial charge in [-0.3, -0.25) is 4.98 Å². The normalized spacial score (nSPS) is 23.7. The molecule has 7 heteroatoms. The lowest BCUT2D eigenvalue weighted by Gasteiger charge is -2.30. The van der Waals surface area contributed by atoms with Crippen molar-refractivity contribution in [1.82, 2.24) is 19.8 Å². The highest BCUT2D eigenvalue weighted by Crippen LogP contribution is 2.40. The number of nitrogens with one attached hydrogen (secondary N) is 1. The van der Waals surface area contributed by atoms with Crippen molar-refractivity contribution >= 4 is 33.3 Å². The summed E-state index contributed by atoms with van der Waals surface area (Å²) < 4.78 is 9.25. The molecule has 1 aromatic carbocycles. The molecule has 2 fully saturated rings. The average molecular weight is 483 g/mol.